The van der Waals surface area contributed by atoms with Crippen LogP contribution in [0.15, 0.2) is 0 Å². The van der Waals surface area contributed by atoms with Crippen molar-refractivity contribution in [2.45, 2.75) is 25.5 Å². The van der Waals surface area contributed by atoms with E-state index >= 15 is 0 Å². The third-order valence-electron chi connectivity index (χ3n) is 1.99. The van der Waals surface area contributed by atoms with Gasteiger partial charge >= 0.3 is 0 Å². The van der Waals surface area contributed by atoms with Crippen LogP contribution >= 0.6 is 0 Å². The lowest BCUT2D eigenvalue weighted by atomic mass is 9.98. The Kier molecular flexibility index (Phi) is 2.28. The van der Waals surface area contributed by atoms with Gasteiger partial charge in [0.05, 0.1) is 24.9 Å². The first-order valence-corrected chi connectivity index (χ1v) is 3.65. The second kappa shape index (κ2) is 2.86. The van der Waals surface area contributed by atoms with Crippen LogP contribution in [0.2, 0.25) is 0 Å². The van der Waals surface area contributed by atoms with Gasteiger partial charge in [-0.25, -0.2) is 0 Å². The van der Waals surface area contributed by atoms with E-state index in [9.17, 15) is 0 Å². The van der Waals surface area contributed by atoms with Crippen molar-refractivity contribution < 1.29 is 9.84 Å². The van der Waals surface area contributed by atoms with Crippen LogP contribution in [-0.4, -0.2) is 36.5 Å². The fourth-order valence-electron chi connectivity index (χ4n) is 1.18. The van der Waals surface area contributed by atoms with Crippen molar-refractivity contribution in [3.8, 4) is 0 Å². The average molecular weight is 145 g/mol. The van der Waals surface area contributed by atoms with Crippen LogP contribution < -0.4 is 5.32 Å². The number of nitrogens with one attached hydrogen (secondary N) is 1. The maximum Gasteiger partial charge on any atom is 0.0801 e. The summed E-state index contributed by atoms with van der Waals surface area (Å²) >= 11 is 0. The van der Waals surface area contributed by atoms with Crippen LogP contribution in [0.4, 0.5) is 0 Å². The highest BCUT2D eigenvalue weighted by atomic mass is 16.5. The van der Waals surface area contributed by atoms with Gasteiger partial charge in [0.1, 0.15) is 0 Å². The van der Waals surface area contributed by atoms with Gasteiger partial charge in [-0.05, 0) is 13.8 Å². The van der Waals surface area contributed by atoms with Gasteiger partial charge in [-0.3, -0.25) is 0 Å². The number of hydrogen-bond donors (Lipinski definition) is 2. The van der Waals surface area contributed by atoms with E-state index in [2.05, 4.69) is 5.32 Å². The van der Waals surface area contributed by atoms with Crippen LogP contribution in [0.5, 0.6) is 0 Å². The smallest absolute Gasteiger partial charge is 0.0801 e. The van der Waals surface area contributed by atoms with E-state index in [-0.39, 0.29) is 18.2 Å². The molecule has 0 aliphatic carbocycles. The summed E-state index contributed by atoms with van der Waals surface area (Å²) in [6, 6.07) is 0.0845. The topological polar surface area (TPSA) is 41.5 Å². The second-order valence-corrected chi connectivity index (χ2v) is 3.14. The molecule has 1 aliphatic heterocycles. The zero-order valence-electron chi connectivity index (χ0n) is 6.55. The largest absolute Gasteiger partial charge is 0.395 e. The van der Waals surface area contributed by atoms with Crippen molar-refractivity contribution in [1.82, 2.24) is 5.32 Å². The Morgan fingerprint density at radius 1 is 1.70 bits per heavy atom. The lowest BCUT2D eigenvalue weighted by Crippen LogP contribution is -2.56. The minimum atomic E-state index is -0.215. The monoisotopic (exact) mass is 145 g/mol. The molecule has 1 saturated heterocycles. The lowest BCUT2D eigenvalue weighted by molar-refractivity contribution is -0.0823. The van der Waals surface area contributed by atoms with E-state index in [0.717, 1.165) is 13.2 Å². The SMILES string of the molecule is CC1(C)OCCNC1CO. The Morgan fingerprint density at radius 3 is 2.80 bits per heavy atom. The van der Waals surface area contributed by atoms with Crippen molar-refractivity contribution in [3.05, 3.63) is 0 Å². The molecule has 1 fully saturated rings. The van der Waals surface area contributed by atoms with Crippen molar-refractivity contribution in [1.29, 1.82) is 0 Å². The van der Waals surface area contributed by atoms with E-state index in [1.807, 2.05) is 13.8 Å². The van der Waals surface area contributed by atoms with E-state index in [0.29, 0.717) is 0 Å². The van der Waals surface area contributed by atoms with Crippen LogP contribution in [0.3, 0.4) is 0 Å². The highest BCUT2D eigenvalue weighted by Crippen LogP contribution is 2.16. The molecular formula is C7H15NO2. The molecule has 10 heavy (non-hydrogen) atoms. The third-order valence-corrected chi connectivity index (χ3v) is 1.99. The summed E-state index contributed by atoms with van der Waals surface area (Å²) in [4.78, 5) is 0. The quantitative estimate of drug-likeness (QED) is 0.534. The summed E-state index contributed by atoms with van der Waals surface area (Å²) in [6.07, 6.45) is 0. The van der Waals surface area contributed by atoms with Crippen molar-refractivity contribution in [2.24, 2.45) is 0 Å². The number of aliphatic hydroxyl groups excluding tert-OH is 1. The molecule has 0 bridgehead atoms. The summed E-state index contributed by atoms with van der Waals surface area (Å²) in [5.74, 6) is 0. The summed E-state index contributed by atoms with van der Waals surface area (Å²) in [5.41, 5.74) is -0.215. The minimum Gasteiger partial charge on any atom is -0.395 e. The van der Waals surface area contributed by atoms with Gasteiger partial charge in [0.25, 0.3) is 0 Å². The molecule has 0 aromatic carbocycles. The summed E-state index contributed by atoms with van der Waals surface area (Å²) in [5, 5.41) is 12.1. The summed E-state index contributed by atoms with van der Waals surface area (Å²) in [7, 11) is 0. The molecule has 1 aliphatic rings. The first kappa shape index (κ1) is 7.98. The van der Waals surface area contributed by atoms with Gasteiger partial charge in [0.15, 0.2) is 0 Å². The normalized spacial score (nSPS) is 32.1. The molecule has 1 heterocycles. The van der Waals surface area contributed by atoms with Crippen LogP contribution in [0.25, 0.3) is 0 Å². The maximum absolute atomic E-state index is 8.88. The summed E-state index contributed by atoms with van der Waals surface area (Å²) < 4.78 is 5.45. The standard InChI is InChI=1S/C7H15NO2/c1-7(2)6(5-9)8-3-4-10-7/h6,8-9H,3-5H2,1-2H3. The Bertz CT molecular complexity index is 114. The lowest BCUT2D eigenvalue weighted by Gasteiger charge is -2.38. The molecule has 0 aromatic heterocycles. The number of morpholine rings is 1. The Labute approximate surface area is 61.4 Å². The molecule has 2 N–H and O–H groups in total. The third kappa shape index (κ3) is 1.48. The molecule has 0 radical (unpaired) electrons. The van der Waals surface area contributed by atoms with E-state index in [1.54, 1.807) is 0 Å². The molecule has 3 heteroatoms. The number of aliphatic hydroxyl groups is 1. The van der Waals surface area contributed by atoms with Gasteiger partial charge in [-0.1, -0.05) is 0 Å². The predicted molar refractivity (Wildman–Crippen MR) is 38.9 cm³/mol. The molecule has 1 unspecified atom stereocenters. The summed E-state index contributed by atoms with van der Waals surface area (Å²) in [6.45, 7) is 5.70. The Hall–Kier alpha value is -0.120. The van der Waals surface area contributed by atoms with Crippen molar-refractivity contribution in [3.63, 3.8) is 0 Å². The van der Waals surface area contributed by atoms with Gasteiger partial charge in [0.2, 0.25) is 0 Å². The van der Waals surface area contributed by atoms with Gasteiger partial charge in [-0.15, -0.1) is 0 Å². The molecule has 0 saturated carbocycles. The first-order valence-electron chi connectivity index (χ1n) is 3.65. The average Bonchev–Trinajstić information content (AvgIpc) is 1.87. The van der Waals surface area contributed by atoms with Gasteiger partial charge < -0.3 is 15.2 Å². The Morgan fingerprint density at radius 2 is 2.40 bits per heavy atom. The molecule has 1 rings (SSSR count). The van der Waals surface area contributed by atoms with Crippen LogP contribution in [0.1, 0.15) is 13.8 Å². The van der Waals surface area contributed by atoms with Crippen LogP contribution in [0, 0.1) is 0 Å². The zero-order chi connectivity index (χ0) is 7.61. The number of ether oxygens (including phenoxy) is 1. The van der Waals surface area contributed by atoms with Crippen LogP contribution in [-0.2, 0) is 4.74 Å². The number of rotatable bonds is 1. The van der Waals surface area contributed by atoms with E-state index < -0.39 is 0 Å². The van der Waals surface area contributed by atoms with E-state index in [1.165, 1.54) is 0 Å². The van der Waals surface area contributed by atoms with Gasteiger partial charge in [0, 0.05) is 6.54 Å². The zero-order valence-corrected chi connectivity index (χ0v) is 6.55. The number of hydrogen-bond acceptors (Lipinski definition) is 3. The molecular weight excluding hydrogens is 130 g/mol. The minimum absolute atomic E-state index is 0.0845. The van der Waals surface area contributed by atoms with Gasteiger partial charge in [-0.2, -0.15) is 0 Å². The predicted octanol–water partition coefficient (Wildman–Crippen LogP) is -0.254. The molecule has 0 amide bonds. The second-order valence-electron chi connectivity index (χ2n) is 3.14. The fraction of sp³-hybridized carbons (Fsp3) is 1.00. The molecule has 3 nitrogen and oxygen atoms in total. The highest BCUT2D eigenvalue weighted by Gasteiger charge is 2.32. The first-order chi connectivity index (χ1) is 4.67. The molecule has 0 spiro atoms. The fourth-order valence-corrected chi connectivity index (χ4v) is 1.18. The molecule has 60 valence electrons. The van der Waals surface area contributed by atoms with Crippen molar-refractivity contribution in [2.75, 3.05) is 19.8 Å². The molecule has 0 aromatic rings. The molecule has 1 atom stereocenters. The van der Waals surface area contributed by atoms with E-state index in [4.69, 9.17) is 9.84 Å². The highest BCUT2D eigenvalue weighted by molar-refractivity contribution is 4.87. The van der Waals surface area contributed by atoms with Crippen molar-refractivity contribution >= 4 is 0 Å². The maximum atomic E-state index is 8.88. The Balaban J connectivity index is 2.51.